The van der Waals surface area contributed by atoms with Crippen LogP contribution in [0.5, 0.6) is 11.5 Å². The van der Waals surface area contributed by atoms with Gasteiger partial charge >= 0.3 is 20.2 Å². The molecule has 1 aliphatic carbocycles. The maximum atomic E-state index is 12.4. The zero-order valence-electron chi connectivity index (χ0n) is 25.6. The van der Waals surface area contributed by atoms with Crippen LogP contribution in [0.4, 0.5) is 0 Å². The Morgan fingerprint density at radius 2 is 0.787 bits per heavy atom. The number of hydrogen-bond acceptors (Lipinski definition) is 6. The Kier molecular flexibility index (Phi) is 7.50. The van der Waals surface area contributed by atoms with Crippen molar-refractivity contribution in [1.82, 2.24) is 0 Å². The molecule has 1 aliphatic rings. The second-order valence-corrected chi connectivity index (χ2v) is 14.7. The van der Waals surface area contributed by atoms with Gasteiger partial charge in [0.2, 0.25) is 0 Å². The highest BCUT2D eigenvalue weighted by molar-refractivity contribution is 7.86. The van der Waals surface area contributed by atoms with Crippen molar-refractivity contribution in [2.75, 3.05) is 12.5 Å². The largest absolute Gasteiger partial charge is 0.382 e. The minimum absolute atomic E-state index is 0.221. The first-order valence-corrected chi connectivity index (χ1v) is 18.6. The van der Waals surface area contributed by atoms with Crippen molar-refractivity contribution in [2.24, 2.45) is 0 Å². The molecular formula is C39H30O6S2. The van der Waals surface area contributed by atoms with Gasteiger partial charge in [-0.15, -0.1) is 0 Å². The van der Waals surface area contributed by atoms with E-state index < -0.39 is 25.7 Å². The Balaban J connectivity index is 1.59. The molecule has 0 bridgehead atoms. The summed E-state index contributed by atoms with van der Waals surface area (Å²) in [6.45, 7) is 0. The quantitative estimate of drug-likeness (QED) is 0.154. The van der Waals surface area contributed by atoms with E-state index in [2.05, 4.69) is 24.3 Å². The molecule has 0 aromatic heterocycles. The average molecular weight is 659 g/mol. The van der Waals surface area contributed by atoms with Crippen LogP contribution >= 0.6 is 0 Å². The molecule has 0 heterocycles. The standard InChI is InChI=1S/C39H30O6S2/c1-46(40,41)44-37-23-21-29(25-33(37)27-13-5-3-6-14-27)39(35-19-11-9-17-31(35)32-18-10-12-20-36(32)39)30-22-24-38(45-47(2,42)43)34(26-30)28-15-7-4-8-16-28/h3-26H,1-2H3. The molecule has 6 aromatic rings. The first-order valence-electron chi connectivity index (χ1n) is 14.9. The van der Waals surface area contributed by atoms with Gasteiger partial charge in [0.15, 0.2) is 0 Å². The second kappa shape index (κ2) is 11.6. The molecule has 47 heavy (non-hydrogen) atoms. The van der Waals surface area contributed by atoms with E-state index in [1.807, 2.05) is 109 Å². The summed E-state index contributed by atoms with van der Waals surface area (Å²) >= 11 is 0. The van der Waals surface area contributed by atoms with E-state index in [0.29, 0.717) is 11.1 Å². The average Bonchev–Trinajstić information content (AvgIpc) is 3.36. The van der Waals surface area contributed by atoms with Gasteiger partial charge in [0.05, 0.1) is 17.9 Å². The van der Waals surface area contributed by atoms with Crippen molar-refractivity contribution >= 4 is 20.2 Å². The summed E-state index contributed by atoms with van der Waals surface area (Å²) in [6, 6.07) is 46.8. The van der Waals surface area contributed by atoms with Gasteiger partial charge in [-0.05, 0) is 68.8 Å². The fraction of sp³-hybridized carbons (Fsp3) is 0.0769. The lowest BCUT2D eigenvalue weighted by Crippen LogP contribution is -2.29. The van der Waals surface area contributed by atoms with Crippen LogP contribution in [-0.4, -0.2) is 29.3 Å². The van der Waals surface area contributed by atoms with Crippen LogP contribution in [0.25, 0.3) is 33.4 Å². The maximum Gasteiger partial charge on any atom is 0.306 e. The van der Waals surface area contributed by atoms with Gasteiger partial charge in [-0.2, -0.15) is 16.8 Å². The zero-order chi connectivity index (χ0) is 32.8. The van der Waals surface area contributed by atoms with Crippen molar-refractivity contribution in [3.05, 3.63) is 168 Å². The highest BCUT2D eigenvalue weighted by Gasteiger charge is 2.46. The summed E-state index contributed by atoms with van der Waals surface area (Å²) in [7, 11) is -7.65. The topological polar surface area (TPSA) is 86.7 Å². The zero-order valence-corrected chi connectivity index (χ0v) is 27.3. The van der Waals surface area contributed by atoms with Crippen LogP contribution in [0, 0.1) is 0 Å². The summed E-state index contributed by atoms with van der Waals surface area (Å²) in [5, 5.41) is 0. The van der Waals surface area contributed by atoms with Gasteiger partial charge in [-0.3, -0.25) is 0 Å². The minimum atomic E-state index is -3.82. The van der Waals surface area contributed by atoms with Crippen LogP contribution in [0.15, 0.2) is 146 Å². The van der Waals surface area contributed by atoms with Gasteiger partial charge in [-0.1, -0.05) is 121 Å². The molecule has 0 spiro atoms. The number of rotatable bonds is 8. The van der Waals surface area contributed by atoms with Gasteiger partial charge in [0.25, 0.3) is 0 Å². The first-order chi connectivity index (χ1) is 22.5. The summed E-state index contributed by atoms with van der Waals surface area (Å²) in [5.74, 6) is 0.443. The molecule has 0 atom stereocenters. The summed E-state index contributed by atoms with van der Waals surface area (Å²) in [4.78, 5) is 0. The van der Waals surface area contributed by atoms with E-state index in [0.717, 1.165) is 57.0 Å². The van der Waals surface area contributed by atoms with E-state index in [1.165, 1.54) is 0 Å². The molecule has 0 N–H and O–H groups in total. The molecule has 0 saturated heterocycles. The highest BCUT2D eigenvalue weighted by atomic mass is 32.2. The first kappa shape index (κ1) is 30.5. The van der Waals surface area contributed by atoms with Crippen LogP contribution < -0.4 is 8.37 Å². The third-order valence-corrected chi connectivity index (χ3v) is 9.39. The van der Waals surface area contributed by atoms with Gasteiger partial charge < -0.3 is 8.37 Å². The molecule has 6 aromatic carbocycles. The monoisotopic (exact) mass is 658 g/mol. The third kappa shape index (κ3) is 5.60. The third-order valence-electron chi connectivity index (χ3n) is 8.43. The van der Waals surface area contributed by atoms with Gasteiger partial charge in [0.1, 0.15) is 11.5 Å². The minimum Gasteiger partial charge on any atom is -0.382 e. The molecule has 6 nitrogen and oxygen atoms in total. The lowest BCUT2D eigenvalue weighted by molar-refractivity contribution is 0.492. The van der Waals surface area contributed by atoms with Crippen LogP contribution in [-0.2, 0) is 25.7 Å². The number of benzene rings is 6. The molecule has 0 amide bonds. The van der Waals surface area contributed by atoms with Crippen molar-refractivity contribution in [2.45, 2.75) is 5.41 Å². The highest BCUT2D eigenvalue weighted by Crippen LogP contribution is 2.57. The Labute approximate surface area is 275 Å². The molecule has 7 rings (SSSR count). The maximum absolute atomic E-state index is 12.4. The lowest BCUT2D eigenvalue weighted by Gasteiger charge is -2.35. The van der Waals surface area contributed by atoms with Crippen LogP contribution in [0.3, 0.4) is 0 Å². The fourth-order valence-corrected chi connectivity index (χ4v) is 7.65. The van der Waals surface area contributed by atoms with Crippen molar-refractivity contribution < 1.29 is 25.2 Å². The smallest absolute Gasteiger partial charge is 0.306 e. The summed E-state index contributed by atoms with van der Waals surface area (Å²) in [5.41, 5.74) is 7.92. The molecule has 8 heteroatoms. The molecule has 234 valence electrons. The van der Waals surface area contributed by atoms with Crippen molar-refractivity contribution in [3.63, 3.8) is 0 Å². The Hall–Kier alpha value is -5.18. The van der Waals surface area contributed by atoms with E-state index in [9.17, 15) is 16.8 Å². The van der Waals surface area contributed by atoms with E-state index in [4.69, 9.17) is 8.37 Å². The van der Waals surface area contributed by atoms with Crippen molar-refractivity contribution in [1.29, 1.82) is 0 Å². The van der Waals surface area contributed by atoms with Gasteiger partial charge in [0, 0.05) is 11.1 Å². The Morgan fingerprint density at radius 1 is 0.426 bits per heavy atom. The fourth-order valence-electron chi connectivity index (χ4n) is 6.71. The number of hydrogen-bond donors (Lipinski definition) is 0. The Bertz CT molecular complexity index is 2180. The van der Waals surface area contributed by atoms with Crippen LogP contribution in [0.1, 0.15) is 22.3 Å². The Morgan fingerprint density at radius 3 is 1.17 bits per heavy atom. The molecule has 0 unspecified atom stereocenters. The molecule has 0 radical (unpaired) electrons. The number of fused-ring (bicyclic) bond motifs is 3. The summed E-state index contributed by atoms with van der Waals surface area (Å²) < 4.78 is 60.5. The van der Waals surface area contributed by atoms with E-state index in [1.54, 1.807) is 12.1 Å². The van der Waals surface area contributed by atoms with Crippen molar-refractivity contribution in [3.8, 4) is 44.9 Å². The molecule has 0 fully saturated rings. The van der Waals surface area contributed by atoms with E-state index >= 15 is 0 Å². The molecule has 0 aliphatic heterocycles. The van der Waals surface area contributed by atoms with E-state index in [-0.39, 0.29) is 11.5 Å². The lowest BCUT2D eigenvalue weighted by atomic mass is 9.67. The SMILES string of the molecule is CS(=O)(=O)Oc1ccc(C2(c3ccc(OS(C)(=O)=O)c(-c4ccccc4)c3)c3ccccc3-c3ccccc32)cc1-c1ccccc1. The predicted octanol–water partition coefficient (Wildman–Crippen LogP) is 8.06. The second-order valence-electron chi connectivity index (χ2n) is 11.6. The molecular weight excluding hydrogens is 629 g/mol. The molecule has 0 saturated carbocycles. The van der Waals surface area contributed by atoms with Crippen LogP contribution in [0.2, 0.25) is 0 Å². The summed E-state index contributed by atoms with van der Waals surface area (Å²) in [6.07, 6.45) is 2.07. The predicted molar refractivity (Wildman–Crippen MR) is 186 cm³/mol. The van der Waals surface area contributed by atoms with Gasteiger partial charge in [-0.25, -0.2) is 0 Å². The normalized spacial score (nSPS) is 13.4.